The van der Waals surface area contributed by atoms with E-state index in [1.54, 1.807) is 6.92 Å². The minimum Gasteiger partial charge on any atom is -0.392 e. The average Bonchev–Trinajstić information content (AvgIpc) is 2.12. The lowest BCUT2D eigenvalue weighted by Gasteiger charge is -2.19. The van der Waals surface area contributed by atoms with Crippen LogP contribution in [-0.2, 0) is 4.79 Å². The van der Waals surface area contributed by atoms with Gasteiger partial charge in [0.15, 0.2) is 0 Å². The Bertz CT molecular complexity index is 154. The summed E-state index contributed by atoms with van der Waals surface area (Å²) >= 11 is 0. The van der Waals surface area contributed by atoms with E-state index in [4.69, 9.17) is 0 Å². The quantitative estimate of drug-likeness (QED) is 0.612. The van der Waals surface area contributed by atoms with Crippen LogP contribution >= 0.6 is 0 Å². The van der Waals surface area contributed by atoms with Gasteiger partial charge in [0.05, 0.1) is 6.10 Å². The van der Waals surface area contributed by atoms with E-state index in [1.807, 2.05) is 6.92 Å². The molecule has 0 aromatic rings. The van der Waals surface area contributed by atoms with Crippen LogP contribution in [0.5, 0.6) is 0 Å². The largest absolute Gasteiger partial charge is 0.392 e. The highest BCUT2D eigenvalue weighted by Gasteiger charge is 2.21. The Kier molecular flexibility index (Phi) is 7.77. The minimum atomic E-state index is -0.422. The molecule has 2 unspecified atom stereocenters. The van der Waals surface area contributed by atoms with Crippen LogP contribution in [0.25, 0.3) is 0 Å². The standard InChI is InChI=1S/C12H24O2/c1-4-6-7-9-11(10(3)13)12(14)8-5-2/h11-12,14H,4-9H2,1-3H3. The van der Waals surface area contributed by atoms with Crippen molar-refractivity contribution in [2.45, 2.75) is 65.4 Å². The van der Waals surface area contributed by atoms with Gasteiger partial charge in [-0.05, 0) is 19.8 Å². The molecule has 0 fully saturated rings. The molecule has 0 saturated carbocycles. The fourth-order valence-electron chi connectivity index (χ4n) is 1.78. The third-order valence-corrected chi connectivity index (χ3v) is 2.69. The maximum atomic E-state index is 11.3. The second kappa shape index (κ2) is 7.98. The lowest BCUT2D eigenvalue weighted by atomic mass is 9.90. The Labute approximate surface area is 87.7 Å². The maximum absolute atomic E-state index is 11.3. The number of ketones is 1. The van der Waals surface area contributed by atoms with E-state index in [-0.39, 0.29) is 11.7 Å². The number of hydrogen-bond donors (Lipinski definition) is 1. The summed E-state index contributed by atoms with van der Waals surface area (Å²) in [6, 6.07) is 0. The van der Waals surface area contributed by atoms with Gasteiger partial charge in [-0.2, -0.15) is 0 Å². The summed E-state index contributed by atoms with van der Waals surface area (Å²) in [5, 5.41) is 9.76. The van der Waals surface area contributed by atoms with Crippen molar-refractivity contribution < 1.29 is 9.90 Å². The van der Waals surface area contributed by atoms with Gasteiger partial charge in [0, 0.05) is 5.92 Å². The topological polar surface area (TPSA) is 37.3 Å². The van der Waals surface area contributed by atoms with Crippen LogP contribution < -0.4 is 0 Å². The first kappa shape index (κ1) is 13.6. The van der Waals surface area contributed by atoms with Crippen LogP contribution in [0.15, 0.2) is 0 Å². The highest BCUT2D eigenvalue weighted by molar-refractivity contribution is 5.78. The number of carbonyl (C=O) groups excluding carboxylic acids is 1. The molecule has 0 aromatic heterocycles. The van der Waals surface area contributed by atoms with E-state index in [0.29, 0.717) is 0 Å². The van der Waals surface area contributed by atoms with Crippen LogP contribution in [0.3, 0.4) is 0 Å². The van der Waals surface area contributed by atoms with Gasteiger partial charge in [0.25, 0.3) is 0 Å². The van der Waals surface area contributed by atoms with Crippen LogP contribution in [0.2, 0.25) is 0 Å². The minimum absolute atomic E-state index is 0.124. The molecule has 2 nitrogen and oxygen atoms in total. The summed E-state index contributed by atoms with van der Waals surface area (Å²) in [6.45, 7) is 5.77. The first-order valence-corrected chi connectivity index (χ1v) is 5.82. The van der Waals surface area contributed by atoms with E-state index < -0.39 is 6.10 Å². The monoisotopic (exact) mass is 200 g/mol. The van der Waals surface area contributed by atoms with Gasteiger partial charge in [-0.15, -0.1) is 0 Å². The molecule has 1 N–H and O–H groups in total. The molecular weight excluding hydrogens is 176 g/mol. The van der Waals surface area contributed by atoms with Crippen molar-refractivity contribution in [2.75, 3.05) is 0 Å². The van der Waals surface area contributed by atoms with Gasteiger partial charge >= 0.3 is 0 Å². The van der Waals surface area contributed by atoms with Crippen molar-refractivity contribution in [1.82, 2.24) is 0 Å². The van der Waals surface area contributed by atoms with Gasteiger partial charge in [-0.25, -0.2) is 0 Å². The molecule has 0 amide bonds. The Morgan fingerprint density at radius 1 is 1.14 bits per heavy atom. The molecule has 0 aliphatic carbocycles. The predicted octanol–water partition coefficient (Wildman–Crippen LogP) is 2.93. The normalized spacial score (nSPS) is 15.1. The molecule has 0 rings (SSSR count). The third kappa shape index (κ3) is 5.38. The van der Waals surface area contributed by atoms with E-state index >= 15 is 0 Å². The molecule has 0 spiro atoms. The fraction of sp³-hybridized carbons (Fsp3) is 0.917. The van der Waals surface area contributed by atoms with Crippen LogP contribution in [0.4, 0.5) is 0 Å². The maximum Gasteiger partial charge on any atom is 0.135 e. The molecule has 0 aliphatic heterocycles. The second-order valence-corrected chi connectivity index (χ2v) is 4.07. The summed E-state index contributed by atoms with van der Waals surface area (Å²) in [4.78, 5) is 11.3. The third-order valence-electron chi connectivity index (χ3n) is 2.69. The number of aliphatic hydroxyl groups is 1. The molecular formula is C12H24O2. The van der Waals surface area contributed by atoms with Crippen molar-refractivity contribution in [3.8, 4) is 0 Å². The first-order chi connectivity index (χ1) is 6.63. The van der Waals surface area contributed by atoms with Crippen molar-refractivity contribution in [2.24, 2.45) is 5.92 Å². The van der Waals surface area contributed by atoms with Crippen LogP contribution in [-0.4, -0.2) is 17.0 Å². The van der Waals surface area contributed by atoms with Gasteiger partial charge < -0.3 is 5.11 Å². The SMILES string of the molecule is CCCCCC(C(C)=O)C(O)CCC. The van der Waals surface area contributed by atoms with Crippen molar-refractivity contribution in [3.05, 3.63) is 0 Å². The lowest BCUT2D eigenvalue weighted by molar-refractivity contribution is -0.124. The highest BCUT2D eigenvalue weighted by atomic mass is 16.3. The number of Topliss-reactive ketones (excluding diaryl/α,β-unsaturated/α-hetero) is 1. The van der Waals surface area contributed by atoms with Crippen molar-refractivity contribution in [1.29, 1.82) is 0 Å². The number of unbranched alkanes of at least 4 members (excludes halogenated alkanes) is 2. The molecule has 84 valence electrons. The predicted molar refractivity (Wildman–Crippen MR) is 59.2 cm³/mol. The lowest BCUT2D eigenvalue weighted by Crippen LogP contribution is -2.26. The van der Waals surface area contributed by atoms with Crippen LogP contribution in [0, 0.1) is 5.92 Å². The van der Waals surface area contributed by atoms with E-state index in [1.165, 1.54) is 0 Å². The molecule has 0 bridgehead atoms. The molecule has 2 heteroatoms. The summed E-state index contributed by atoms with van der Waals surface area (Å²) < 4.78 is 0. The van der Waals surface area contributed by atoms with E-state index in [0.717, 1.165) is 38.5 Å². The Balaban J connectivity index is 3.94. The smallest absolute Gasteiger partial charge is 0.135 e. The number of aliphatic hydroxyl groups excluding tert-OH is 1. The zero-order valence-electron chi connectivity index (χ0n) is 9.75. The molecule has 14 heavy (non-hydrogen) atoms. The molecule has 0 heterocycles. The highest BCUT2D eigenvalue weighted by Crippen LogP contribution is 2.18. The Morgan fingerprint density at radius 3 is 2.21 bits per heavy atom. The van der Waals surface area contributed by atoms with Gasteiger partial charge in [-0.3, -0.25) is 4.79 Å². The summed E-state index contributed by atoms with van der Waals surface area (Å²) in [5.74, 6) is 0.0172. The zero-order valence-corrected chi connectivity index (χ0v) is 9.75. The summed E-state index contributed by atoms with van der Waals surface area (Å²) in [5.41, 5.74) is 0. The molecule has 0 saturated heterocycles. The first-order valence-electron chi connectivity index (χ1n) is 5.82. The average molecular weight is 200 g/mol. The number of carbonyl (C=O) groups is 1. The number of hydrogen-bond acceptors (Lipinski definition) is 2. The van der Waals surface area contributed by atoms with Crippen LogP contribution in [0.1, 0.15) is 59.3 Å². The zero-order chi connectivity index (χ0) is 11.0. The summed E-state index contributed by atoms with van der Waals surface area (Å²) in [6.07, 6.45) is 5.49. The molecule has 0 radical (unpaired) electrons. The van der Waals surface area contributed by atoms with E-state index in [9.17, 15) is 9.90 Å². The van der Waals surface area contributed by atoms with Gasteiger partial charge in [-0.1, -0.05) is 39.5 Å². The molecule has 0 aromatic carbocycles. The van der Waals surface area contributed by atoms with Gasteiger partial charge in [0.1, 0.15) is 5.78 Å². The number of rotatable bonds is 8. The van der Waals surface area contributed by atoms with Gasteiger partial charge in [0.2, 0.25) is 0 Å². The molecule has 0 aliphatic rings. The Morgan fingerprint density at radius 2 is 1.79 bits per heavy atom. The second-order valence-electron chi connectivity index (χ2n) is 4.07. The Hall–Kier alpha value is -0.370. The summed E-state index contributed by atoms with van der Waals surface area (Å²) in [7, 11) is 0. The fourth-order valence-corrected chi connectivity index (χ4v) is 1.78. The van der Waals surface area contributed by atoms with Crippen molar-refractivity contribution in [3.63, 3.8) is 0 Å². The molecule has 2 atom stereocenters. The van der Waals surface area contributed by atoms with E-state index in [2.05, 4.69) is 6.92 Å². The van der Waals surface area contributed by atoms with Crippen molar-refractivity contribution >= 4 is 5.78 Å².